The number of aromatic nitrogens is 4. The van der Waals surface area contributed by atoms with Crippen LogP contribution >= 0.6 is 0 Å². The Balaban J connectivity index is 1.46. The molecular formula is C26H32N8O3S. The Morgan fingerprint density at radius 1 is 1.00 bits per heavy atom. The van der Waals surface area contributed by atoms with E-state index < -0.39 is 15.1 Å². The van der Waals surface area contributed by atoms with Gasteiger partial charge >= 0.3 is 0 Å². The predicted octanol–water partition coefficient (Wildman–Crippen LogP) is 3.78. The van der Waals surface area contributed by atoms with Gasteiger partial charge in [-0.3, -0.25) is 5.10 Å². The number of hydrogen-bond donors (Lipinski definition) is 3. The van der Waals surface area contributed by atoms with Gasteiger partial charge in [-0.15, -0.1) is 0 Å². The van der Waals surface area contributed by atoms with Gasteiger partial charge in [0.2, 0.25) is 5.95 Å². The van der Waals surface area contributed by atoms with Crippen molar-refractivity contribution in [3.63, 3.8) is 0 Å². The molecule has 12 heteroatoms. The van der Waals surface area contributed by atoms with E-state index in [0.717, 1.165) is 31.9 Å². The van der Waals surface area contributed by atoms with Gasteiger partial charge in [-0.2, -0.15) is 15.1 Å². The Bertz CT molecular complexity index is 1550. The lowest BCUT2D eigenvalue weighted by molar-refractivity contribution is 0.312. The highest BCUT2D eigenvalue weighted by atomic mass is 32.2. The van der Waals surface area contributed by atoms with Gasteiger partial charge in [0.05, 0.1) is 40.2 Å². The Labute approximate surface area is 222 Å². The molecule has 3 heterocycles. The van der Waals surface area contributed by atoms with Crippen molar-refractivity contribution in [3.05, 3.63) is 48.7 Å². The van der Waals surface area contributed by atoms with Crippen LogP contribution in [0, 0.1) is 0 Å². The molecule has 3 N–H and O–H groups in total. The molecule has 0 aliphatic carbocycles. The number of anilines is 5. The average Bonchev–Trinajstić information content (AvgIpc) is 3.39. The Kier molecular flexibility index (Phi) is 7.09. The van der Waals surface area contributed by atoms with Crippen LogP contribution < -0.4 is 20.3 Å². The number of nitrogens with zero attached hydrogens (tertiary/aromatic N) is 5. The van der Waals surface area contributed by atoms with E-state index in [-0.39, 0.29) is 4.90 Å². The SMILES string of the molecule is COc1cc(N2CCN(C)CC2)ccc1Nc1nc(Nc2ccccc2S(=O)(=O)C(C)C)c2cn[nH]c2n1. The topological polar surface area (TPSA) is 128 Å². The highest BCUT2D eigenvalue weighted by Crippen LogP contribution is 2.34. The molecule has 11 nitrogen and oxygen atoms in total. The van der Waals surface area contributed by atoms with Crippen LogP contribution in [0.1, 0.15) is 13.8 Å². The van der Waals surface area contributed by atoms with Gasteiger partial charge in [0.15, 0.2) is 15.5 Å². The lowest BCUT2D eigenvalue weighted by Gasteiger charge is -2.34. The highest BCUT2D eigenvalue weighted by molar-refractivity contribution is 7.92. The zero-order valence-electron chi connectivity index (χ0n) is 21.9. The second-order valence-electron chi connectivity index (χ2n) is 9.54. The van der Waals surface area contributed by atoms with Crippen LogP contribution in [0.5, 0.6) is 5.75 Å². The number of hydrogen-bond acceptors (Lipinski definition) is 10. The van der Waals surface area contributed by atoms with Gasteiger partial charge < -0.3 is 25.2 Å². The van der Waals surface area contributed by atoms with Crippen molar-refractivity contribution in [3.8, 4) is 5.75 Å². The van der Waals surface area contributed by atoms with Crippen molar-refractivity contribution in [2.45, 2.75) is 24.0 Å². The molecule has 38 heavy (non-hydrogen) atoms. The third-order valence-corrected chi connectivity index (χ3v) is 8.89. The van der Waals surface area contributed by atoms with Crippen molar-refractivity contribution in [1.29, 1.82) is 0 Å². The van der Waals surface area contributed by atoms with Crippen molar-refractivity contribution in [2.75, 3.05) is 55.9 Å². The number of methoxy groups -OCH3 is 1. The van der Waals surface area contributed by atoms with E-state index in [2.05, 4.69) is 53.7 Å². The van der Waals surface area contributed by atoms with E-state index in [9.17, 15) is 8.42 Å². The zero-order valence-corrected chi connectivity index (χ0v) is 22.7. The average molecular weight is 537 g/mol. The summed E-state index contributed by atoms with van der Waals surface area (Å²) in [5.74, 6) is 1.39. The number of aromatic amines is 1. The van der Waals surface area contributed by atoms with Crippen LogP contribution in [0.2, 0.25) is 0 Å². The molecule has 4 aromatic rings. The van der Waals surface area contributed by atoms with E-state index in [1.165, 1.54) is 0 Å². The van der Waals surface area contributed by atoms with Gasteiger partial charge in [0, 0.05) is 37.9 Å². The summed E-state index contributed by atoms with van der Waals surface area (Å²) < 4.78 is 31.6. The maximum absolute atomic E-state index is 13.0. The minimum Gasteiger partial charge on any atom is -0.494 e. The van der Waals surface area contributed by atoms with Gasteiger partial charge in [0.25, 0.3) is 0 Å². The number of H-pyrrole nitrogens is 1. The highest BCUT2D eigenvalue weighted by Gasteiger charge is 2.23. The fraction of sp³-hybridized carbons (Fsp3) is 0.346. The molecule has 0 amide bonds. The summed E-state index contributed by atoms with van der Waals surface area (Å²) in [7, 11) is 0.243. The number of sulfone groups is 1. The first kappa shape index (κ1) is 25.7. The molecule has 0 saturated carbocycles. The third-order valence-electron chi connectivity index (χ3n) is 6.68. The van der Waals surface area contributed by atoms with E-state index in [1.807, 2.05) is 12.1 Å². The van der Waals surface area contributed by atoms with E-state index >= 15 is 0 Å². The maximum atomic E-state index is 13.0. The van der Waals surface area contributed by atoms with Gasteiger partial charge in [-0.05, 0) is 45.2 Å². The second kappa shape index (κ2) is 10.5. The summed E-state index contributed by atoms with van der Waals surface area (Å²) in [6.07, 6.45) is 1.60. The number of piperazine rings is 1. The summed E-state index contributed by atoms with van der Waals surface area (Å²) in [4.78, 5) is 14.1. The predicted molar refractivity (Wildman–Crippen MR) is 150 cm³/mol. The second-order valence-corrected chi connectivity index (χ2v) is 12.0. The van der Waals surface area contributed by atoms with Gasteiger partial charge in [-0.1, -0.05) is 12.1 Å². The molecule has 2 aromatic heterocycles. The minimum absolute atomic E-state index is 0.209. The van der Waals surface area contributed by atoms with E-state index in [1.54, 1.807) is 51.4 Å². The molecule has 5 rings (SSSR count). The molecule has 0 bridgehead atoms. The van der Waals surface area contributed by atoms with Gasteiger partial charge in [0.1, 0.15) is 11.6 Å². The first-order chi connectivity index (χ1) is 18.3. The van der Waals surface area contributed by atoms with Gasteiger partial charge in [-0.25, -0.2) is 8.42 Å². The summed E-state index contributed by atoms with van der Waals surface area (Å²) in [6.45, 7) is 7.25. The smallest absolute Gasteiger partial charge is 0.231 e. The summed E-state index contributed by atoms with van der Waals surface area (Å²) in [5.41, 5.74) is 2.73. The molecule has 0 spiro atoms. The number of nitrogens with one attached hydrogen (secondary N) is 3. The summed E-state index contributed by atoms with van der Waals surface area (Å²) >= 11 is 0. The van der Waals surface area contributed by atoms with Crippen molar-refractivity contribution in [1.82, 2.24) is 25.1 Å². The summed E-state index contributed by atoms with van der Waals surface area (Å²) in [6, 6.07) is 12.8. The first-order valence-electron chi connectivity index (χ1n) is 12.5. The molecule has 1 aliphatic rings. The monoisotopic (exact) mass is 536 g/mol. The Hall–Kier alpha value is -3.90. The zero-order chi connectivity index (χ0) is 26.9. The van der Waals surface area contributed by atoms with E-state index in [0.29, 0.717) is 39.9 Å². The molecule has 0 unspecified atom stereocenters. The maximum Gasteiger partial charge on any atom is 0.231 e. The van der Waals surface area contributed by atoms with Crippen LogP contribution in [0.4, 0.5) is 28.8 Å². The molecular weight excluding hydrogens is 504 g/mol. The molecule has 0 radical (unpaired) electrons. The standard InChI is InChI=1S/C26H32N8O3S/c1-17(2)38(35,36)23-8-6-5-7-21(23)28-24-19-16-27-32-25(19)31-26(30-24)29-20-10-9-18(15-22(20)37-4)34-13-11-33(3)12-14-34/h5-10,15-17H,11-14H2,1-4H3,(H3,27,28,29,30,31,32). The number of para-hydroxylation sites is 1. The summed E-state index contributed by atoms with van der Waals surface area (Å²) in [5, 5.41) is 13.5. The van der Waals surface area contributed by atoms with Crippen LogP contribution in [-0.4, -0.2) is 79.1 Å². The Morgan fingerprint density at radius 2 is 1.76 bits per heavy atom. The lowest BCUT2D eigenvalue weighted by atomic mass is 10.2. The van der Waals surface area contributed by atoms with Crippen molar-refractivity contribution in [2.24, 2.45) is 0 Å². The van der Waals surface area contributed by atoms with E-state index in [4.69, 9.17) is 4.74 Å². The van der Waals surface area contributed by atoms with Crippen molar-refractivity contribution < 1.29 is 13.2 Å². The van der Waals surface area contributed by atoms with Crippen LogP contribution in [0.25, 0.3) is 11.0 Å². The molecule has 200 valence electrons. The molecule has 1 fully saturated rings. The number of likely N-dealkylation sites (N-methyl/N-ethyl adjacent to an activating group) is 1. The largest absolute Gasteiger partial charge is 0.494 e. The minimum atomic E-state index is -3.52. The normalized spacial score (nSPS) is 14.7. The number of benzene rings is 2. The number of ether oxygens (including phenoxy) is 1. The fourth-order valence-corrected chi connectivity index (χ4v) is 5.55. The number of fused-ring (bicyclic) bond motifs is 1. The number of rotatable bonds is 8. The third kappa shape index (κ3) is 5.09. The van der Waals surface area contributed by atoms with Crippen LogP contribution in [-0.2, 0) is 9.84 Å². The van der Waals surface area contributed by atoms with Crippen molar-refractivity contribution >= 4 is 49.7 Å². The molecule has 1 aliphatic heterocycles. The first-order valence-corrected chi connectivity index (χ1v) is 14.0. The Morgan fingerprint density at radius 3 is 2.50 bits per heavy atom. The van der Waals surface area contributed by atoms with Crippen LogP contribution in [0.15, 0.2) is 53.6 Å². The molecule has 2 aromatic carbocycles. The fourth-order valence-electron chi connectivity index (χ4n) is 4.35. The lowest BCUT2D eigenvalue weighted by Crippen LogP contribution is -2.44. The van der Waals surface area contributed by atoms with Crippen LogP contribution in [0.3, 0.4) is 0 Å². The quantitative estimate of drug-likeness (QED) is 0.306. The molecule has 1 saturated heterocycles. The molecule has 0 atom stereocenters.